The summed E-state index contributed by atoms with van der Waals surface area (Å²) in [6, 6.07) is 7.23. The normalized spacial score (nSPS) is 24.5. The summed E-state index contributed by atoms with van der Waals surface area (Å²) in [7, 11) is 0. The van der Waals surface area contributed by atoms with Crippen LogP contribution >= 0.6 is 0 Å². The van der Waals surface area contributed by atoms with E-state index in [4.69, 9.17) is 4.84 Å². The minimum absolute atomic E-state index is 0.152. The highest BCUT2D eigenvalue weighted by Crippen LogP contribution is 2.37. The molecule has 1 saturated carbocycles. The number of hydroxylamine groups is 1. The van der Waals surface area contributed by atoms with Gasteiger partial charge in [-0.15, -0.1) is 0 Å². The van der Waals surface area contributed by atoms with Crippen molar-refractivity contribution < 1.29 is 9.23 Å². The first-order chi connectivity index (χ1) is 7.94. The van der Waals surface area contributed by atoms with E-state index >= 15 is 0 Å². The van der Waals surface area contributed by atoms with Crippen LogP contribution in [0.1, 0.15) is 45.1 Å². The van der Waals surface area contributed by atoms with Crippen molar-refractivity contribution in [2.75, 3.05) is 0 Å². The Morgan fingerprint density at radius 3 is 2.29 bits per heavy atom. The second-order valence-corrected chi connectivity index (χ2v) is 5.75. The summed E-state index contributed by atoms with van der Waals surface area (Å²) in [6.45, 7) is 6.07. The van der Waals surface area contributed by atoms with Gasteiger partial charge in [0.05, 0.1) is 5.60 Å². The third-order valence-electron chi connectivity index (χ3n) is 3.01. The van der Waals surface area contributed by atoms with Crippen LogP contribution in [0.15, 0.2) is 24.3 Å². The average Bonchev–Trinajstić information content (AvgIpc) is 2.16. The van der Waals surface area contributed by atoms with Crippen molar-refractivity contribution in [2.45, 2.75) is 51.2 Å². The molecule has 0 saturated heterocycles. The van der Waals surface area contributed by atoms with E-state index in [1.54, 1.807) is 0 Å². The lowest BCUT2D eigenvalue weighted by atomic mass is 9.76. The molecule has 0 spiro atoms. The van der Waals surface area contributed by atoms with Crippen molar-refractivity contribution in [1.82, 2.24) is 5.48 Å². The highest BCUT2D eigenvalue weighted by molar-refractivity contribution is 5.23. The van der Waals surface area contributed by atoms with Crippen molar-refractivity contribution in [2.24, 2.45) is 0 Å². The van der Waals surface area contributed by atoms with Crippen molar-refractivity contribution in [3.05, 3.63) is 35.6 Å². The van der Waals surface area contributed by atoms with E-state index in [9.17, 15) is 4.39 Å². The van der Waals surface area contributed by atoms with E-state index in [0.29, 0.717) is 12.0 Å². The van der Waals surface area contributed by atoms with Crippen LogP contribution in [-0.2, 0) is 4.84 Å². The van der Waals surface area contributed by atoms with Gasteiger partial charge in [-0.25, -0.2) is 4.39 Å². The lowest BCUT2D eigenvalue weighted by Gasteiger charge is -2.37. The Morgan fingerprint density at radius 2 is 1.76 bits per heavy atom. The van der Waals surface area contributed by atoms with Gasteiger partial charge in [0.2, 0.25) is 0 Å². The maximum atomic E-state index is 12.8. The maximum absolute atomic E-state index is 12.8. The molecule has 0 unspecified atom stereocenters. The second-order valence-electron chi connectivity index (χ2n) is 5.75. The minimum Gasteiger partial charge on any atom is -0.296 e. The predicted octanol–water partition coefficient (Wildman–Crippen LogP) is 3.39. The first-order valence-electron chi connectivity index (χ1n) is 6.13. The van der Waals surface area contributed by atoms with Gasteiger partial charge in [-0.3, -0.25) is 4.84 Å². The van der Waals surface area contributed by atoms with Gasteiger partial charge in [0.25, 0.3) is 0 Å². The van der Waals surface area contributed by atoms with Gasteiger partial charge in [0.15, 0.2) is 0 Å². The molecule has 0 aliphatic heterocycles. The molecule has 2 rings (SSSR count). The number of benzene rings is 1. The van der Waals surface area contributed by atoms with Crippen LogP contribution in [0.4, 0.5) is 4.39 Å². The molecule has 3 heteroatoms. The molecular weight excluding hydrogens is 217 g/mol. The van der Waals surface area contributed by atoms with Gasteiger partial charge < -0.3 is 0 Å². The molecule has 1 fully saturated rings. The van der Waals surface area contributed by atoms with Gasteiger partial charge in [-0.1, -0.05) is 12.1 Å². The largest absolute Gasteiger partial charge is 0.296 e. The van der Waals surface area contributed by atoms with E-state index in [2.05, 4.69) is 5.48 Å². The van der Waals surface area contributed by atoms with Crippen molar-refractivity contribution in [3.8, 4) is 0 Å². The Kier molecular flexibility index (Phi) is 3.50. The Hall–Kier alpha value is -0.930. The summed E-state index contributed by atoms with van der Waals surface area (Å²) in [5, 5.41) is 0. The van der Waals surface area contributed by atoms with Crippen molar-refractivity contribution in [3.63, 3.8) is 0 Å². The zero-order valence-electron chi connectivity index (χ0n) is 10.7. The van der Waals surface area contributed by atoms with Crippen molar-refractivity contribution in [1.29, 1.82) is 0 Å². The second kappa shape index (κ2) is 4.75. The van der Waals surface area contributed by atoms with Crippen molar-refractivity contribution >= 4 is 0 Å². The number of hydrogen-bond acceptors (Lipinski definition) is 2. The van der Waals surface area contributed by atoms with Gasteiger partial charge in [0.1, 0.15) is 5.82 Å². The number of halogens is 1. The van der Waals surface area contributed by atoms with E-state index in [-0.39, 0.29) is 11.4 Å². The zero-order valence-corrected chi connectivity index (χ0v) is 10.7. The van der Waals surface area contributed by atoms with E-state index in [0.717, 1.165) is 12.8 Å². The summed E-state index contributed by atoms with van der Waals surface area (Å²) in [6.07, 6.45) is 2.11. The molecule has 1 N–H and O–H groups in total. The van der Waals surface area contributed by atoms with Crippen LogP contribution in [-0.4, -0.2) is 11.6 Å². The smallest absolute Gasteiger partial charge is 0.123 e. The summed E-state index contributed by atoms with van der Waals surface area (Å²) >= 11 is 0. The van der Waals surface area contributed by atoms with E-state index in [1.165, 1.54) is 17.7 Å². The predicted molar refractivity (Wildman–Crippen MR) is 66.1 cm³/mol. The zero-order chi connectivity index (χ0) is 12.5. The SMILES string of the molecule is CC(C)(C)ONC1CC(c2ccc(F)cc2)C1. The summed E-state index contributed by atoms with van der Waals surface area (Å²) in [5.74, 6) is 0.371. The standard InChI is InChI=1S/C14H20FNO/c1-14(2,3)17-16-13-8-11(9-13)10-4-6-12(15)7-5-10/h4-7,11,13,16H,8-9H2,1-3H3. The number of hydrogen-bond donors (Lipinski definition) is 1. The van der Waals surface area contributed by atoms with Crippen LogP contribution < -0.4 is 5.48 Å². The molecule has 0 amide bonds. The van der Waals surface area contributed by atoms with Crippen LogP contribution in [0, 0.1) is 5.82 Å². The molecular formula is C14H20FNO. The fraction of sp³-hybridized carbons (Fsp3) is 0.571. The molecule has 0 atom stereocenters. The quantitative estimate of drug-likeness (QED) is 0.814. The van der Waals surface area contributed by atoms with Crippen LogP contribution in [0.3, 0.4) is 0 Å². The highest BCUT2D eigenvalue weighted by Gasteiger charge is 2.31. The summed E-state index contributed by atoms with van der Waals surface area (Å²) < 4.78 is 12.8. The maximum Gasteiger partial charge on any atom is 0.123 e. The average molecular weight is 237 g/mol. The fourth-order valence-corrected chi connectivity index (χ4v) is 1.98. The van der Waals surface area contributed by atoms with Crippen LogP contribution in [0.25, 0.3) is 0 Å². The van der Waals surface area contributed by atoms with Gasteiger partial charge >= 0.3 is 0 Å². The Bertz CT molecular complexity index is 363. The molecule has 1 aromatic rings. The van der Waals surface area contributed by atoms with Gasteiger partial charge in [-0.2, -0.15) is 5.48 Å². The summed E-state index contributed by atoms with van der Waals surface area (Å²) in [4.78, 5) is 5.53. The molecule has 2 nitrogen and oxygen atoms in total. The molecule has 17 heavy (non-hydrogen) atoms. The van der Waals surface area contributed by atoms with Crippen LogP contribution in [0.2, 0.25) is 0 Å². The summed E-state index contributed by atoms with van der Waals surface area (Å²) in [5.41, 5.74) is 4.17. The topological polar surface area (TPSA) is 21.3 Å². The minimum atomic E-state index is -0.168. The molecule has 94 valence electrons. The molecule has 0 heterocycles. The van der Waals surface area contributed by atoms with Crippen LogP contribution in [0.5, 0.6) is 0 Å². The monoisotopic (exact) mass is 237 g/mol. The third-order valence-corrected chi connectivity index (χ3v) is 3.01. The number of nitrogens with one attached hydrogen (secondary N) is 1. The number of rotatable bonds is 3. The fourth-order valence-electron chi connectivity index (χ4n) is 1.98. The highest BCUT2D eigenvalue weighted by atomic mass is 19.1. The first kappa shape index (κ1) is 12.5. The molecule has 0 bridgehead atoms. The van der Waals surface area contributed by atoms with E-state index < -0.39 is 0 Å². The van der Waals surface area contributed by atoms with E-state index in [1.807, 2.05) is 32.9 Å². The lowest BCUT2D eigenvalue weighted by molar-refractivity contribution is -0.101. The Balaban J connectivity index is 1.77. The molecule has 0 radical (unpaired) electrons. The van der Waals surface area contributed by atoms with Gasteiger partial charge in [-0.05, 0) is 57.2 Å². The molecule has 0 aromatic heterocycles. The Morgan fingerprint density at radius 1 is 1.18 bits per heavy atom. The lowest BCUT2D eigenvalue weighted by Crippen LogP contribution is -2.43. The Labute approximate surface area is 102 Å². The first-order valence-corrected chi connectivity index (χ1v) is 6.13. The van der Waals surface area contributed by atoms with Gasteiger partial charge in [0, 0.05) is 6.04 Å². The third kappa shape index (κ3) is 3.51. The molecule has 1 aliphatic carbocycles. The molecule has 1 aliphatic rings. The molecule has 1 aromatic carbocycles.